The van der Waals surface area contributed by atoms with Crippen molar-refractivity contribution in [3.63, 3.8) is 0 Å². The zero-order valence-electron chi connectivity index (χ0n) is 24.4. The predicted octanol–water partition coefficient (Wildman–Crippen LogP) is 5.77. The molecule has 2 amide bonds. The molecule has 4 aromatic rings. The van der Waals surface area contributed by atoms with E-state index < -0.39 is 0 Å². The maximum Gasteiger partial charge on any atom is 0.253 e. The number of carbonyl (C=O) groups is 2. The Morgan fingerprint density at radius 1 is 1.02 bits per heavy atom. The molecule has 214 valence electrons. The normalized spacial score (nSPS) is 13.3. The fraction of sp³-hybridized carbons (Fsp3) is 0.355. The van der Waals surface area contributed by atoms with Gasteiger partial charge in [0.15, 0.2) is 5.65 Å². The molecule has 0 unspecified atom stereocenters. The minimum absolute atomic E-state index is 0.00739. The van der Waals surface area contributed by atoms with Crippen LogP contribution in [0.25, 0.3) is 33.5 Å². The van der Waals surface area contributed by atoms with Gasteiger partial charge in [-0.25, -0.2) is 9.97 Å². The first-order valence-electron chi connectivity index (χ1n) is 13.6. The van der Waals surface area contributed by atoms with Crippen LogP contribution in [0.1, 0.15) is 39.0 Å². The van der Waals surface area contributed by atoms with Crippen molar-refractivity contribution in [2.24, 2.45) is 0 Å². The van der Waals surface area contributed by atoms with Crippen LogP contribution >= 0.6 is 30.3 Å². The highest BCUT2D eigenvalue weighted by Crippen LogP contribution is 2.36. The Morgan fingerprint density at radius 3 is 2.46 bits per heavy atom. The van der Waals surface area contributed by atoms with Gasteiger partial charge in [-0.2, -0.15) is 0 Å². The summed E-state index contributed by atoms with van der Waals surface area (Å²) >= 11 is 2.26. The highest BCUT2D eigenvalue weighted by molar-refractivity contribution is 14.2. The molecule has 8 nitrogen and oxygen atoms in total. The van der Waals surface area contributed by atoms with Crippen molar-refractivity contribution in [1.29, 1.82) is 0 Å². The van der Waals surface area contributed by atoms with Crippen molar-refractivity contribution >= 4 is 53.3 Å². The lowest BCUT2D eigenvalue weighted by atomic mass is 9.92. The first kappa shape index (κ1) is 29.5. The first-order valence-corrected chi connectivity index (χ1v) is 16.9. The molecule has 5 rings (SSSR count). The standard InChI is InChI=1S/C31H35IN6O2S/c1-19-14-22(15-23-17-37(11-9-24(19)23)12-10-28(39)35(3)4)27-16-33-30-29(34-27)26(18-38(30)41-32)21-7-8-25(20(2)13-21)31(40)36(5)6/h7-8,13-16,18H,9-12,17H2,1-6H3. The van der Waals surface area contributed by atoms with Crippen LogP contribution in [0.5, 0.6) is 0 Å². The number of nitrogens with zero attached hydrogens (tertiary/aromatic N) is 6. The van der Waals surface area contributed by atoms with E-state index in [1.165, 1.54) is 16.7 Å². The van der Waals surface area contributed by atoms with Gasteiger partial charge in [-0.1, -0.05) is 12.1 Å². The lowest BCUT2D eigenvalue weighted by molar-refractivity contribution is -0.129. The van der Waals surface area contributed by atoms with Crippen LogP contribution < -0.4 is 0 Å². The fourth-order valence-corrected chi connectivity index (χ4v) is 6.72. The number of hydrogen-bond donors (Lipinski definition) is 0. The molecule has 0 bridgehead atoms. The Hall–Kier alpha value is -2.96. The second kappa shape index (κ2) is 12.1. The summed E-state index contributed by atoms with van der Waals surface area (Å²) in [5.41, 5.74) is 11.1. The van der Waals surface area contributed by atoms with Gasteiger partial charge < -0.3 is 9.80 Å². The lowest BCUT2D eigenvalue weighted by Crippen LogP contribution is -2.34. The van der Waals surface area contributed by atoms with Crippen LogP contribution in [-0.2, 0) is 17.8 Å². The van der Waals surface area contributed by atoms with Gasteiger partial charge >= 0.3 is 0 Å². The third-order valence-corrected chi connectivity index (χ3v) is 9.49. The van der Waals surface area contributed by atoms with Crippen LogP contribution in [0.3, 0.4) is 0 Å². The van der Waals surface area contributed by atoms with Gasteiger partial charge in [0.1, 0.15) is 5.52 Å². The molecule has 0 spiro atoms. The lowest BCUT2D eigenvalue weighted by Gasteiger charge is -2.30. The largest absolute Gasteiger partial charge is 0.349 e. The number of rotatable bonds is 7. The molecule has 10 heteroatoms. The molecule has 1 aliphatic heterocycles. The highest BCUT2D eigenvalue weighted by atomic mass is 127. The number of halogens is 1. The van der Waals surface area contributed by atoms with Crippen LogP contribution in [-0.4, -0.2) is 81.7 Å². The van der Waals surface area contributed by atoms with E-state index in [0.29, 0.717) is 12.0 Å². The number of aryl methyl sites for hydroxylation is 2. The molecule has 41 heavy (non-hydrogen) atoms. The van der Waals surface area contributed by atoms with Crippen molar-refractivity contribution in [3.05, 3.63) is 70.5 Å². The first-order chi connectivity index (χ1) is 19.6. The molecule has 0 N–H and O–H groups in total. The SMILES string of the molecule is Cc1cc(-c2cn(SI)c3ncc(-c4cc(C)c5c(c4)CN(CCC(=O)N(C)C)CC5)nc23)ccc1C(=O)N(C)C. The Balaban J connectivity index is 1.51. The number of carbonyl (C=O) groups excluding carboxylic acids is 2. The van der Waals surface area contributed by atoms with Crippen molar-refractivity contribution < 1.29 is 9.59 Å². The van der Waals surface area contributed by atoms with Crippen molar-refractivity contribution in [2.45, 2.75) is 33.2 Å². The molecule has 0 aliphatic carbocycles. The number of fused-ring (bicyclic) bond motifs is 2. The summed E-state index contributed by atoms with van der Waals surface area (Å²) in [7, 11) is 8.70. The molecule has 0 atom stereocenters. The molecule has 0 saturated carbocycles. The van der Waals surface area contributed by atoms with Gasteiger partial charge in [0.05, 0.1) is 11.9 Å². The minimum Gasteiger partial charge on any atom is -0.349 e. The van der Waals surface area contributed by atoms with Gasteiger partial charge in [-0.15, -0.1) is 0 Å². The van der Waals surface area contributed by atoms with Crippen molar-refractivity contribution in [3.8, 4) is 22.4 Å². The van der Waals surface area contributed by atoms with E-state index in [0.717, 1.165) is 65.2 Å². The second-order valence-electron chi connectivity index (χ2n) is 11.1. The Morgan fingerprint density at radius 2 is 1.78 bits per heavy atom. The summed E-state index contributed by atoms with van der Waals surface area (Å²) in [5, 5.41) is 0. The number of aromatic nitrogens is 3. The zero-order chi connectivity index (χ0) is 29.4. The topological polar surface area (TPSA) is 74.6 Å². The van der Waals surface area contributed by atoms with E-state index in [1.807, 2.05) is 43.3 Å². The molecule has 0 fully saturated rings. The molecule has 3 heterocycles. The van der Waals surface area contributed by atoms with Crippen LogP contribution in [0.15, 0.2) is 42.7 Å². The van der Waals surface area contributed by atoms with Crippen LogP contribution in [0, 0.1) is 13.8 Å². The highest BCUT2D eigenvalue weighted by Gasteiger charge is 2.22. The quantitative estimate of drug-likeness (QED) is 0.231. The average molecular weight is 683 g/mol. The van der Waals surface area contributed by atoms with E-state index in [1.54, 1.807) is 33.0 Å². The summed E-state index contributed by atoms with van der Waals surface area (Å²) in [6.07, 6.45) is 5.44. The van der Waals surface area contributed by atoms with E-state index in [2.05, 4.69) is 57.4 Å². The fourth-order valence-electron chi connectivity index (χ4n) is 5.47. The monoisotopic (exact) mass is 682 g/mol. The summed E-state index contributed by atoms with van der Waals surface area (Å²) in [4.78, 5) is 40.4. The van der Waals surface area contributed by atoms with E-state index in [-0.39, 0.29) is 11.8 Å². The van der Waals surface area contributed by atoms with E-state index in [9.17, 15) is 9.59 Å². The Bertz CT molecular complexity index is 1650. The molecule has 0 saturated heterocycles. The number of amides is 2. The van der Waals surface area contributed by atoms with E-state index >= 15 is 0 Å². The average Bonchev–Trinajstić information content (AvgIpc) is 3.33. The van der Waals surface area contributed by atoms with Crippen LogP contribution in [0.2, 0.25) is 0 Å². The second-order valence-corrected chi connectivity index (χ2v) is 12.8. The van der Waals surface area contributed by atoms with E-state index in [4.69, 9.17) is 9.97 Å². The van der Waals surface area contributed by atoms with Gasteiger partial charge in [0.25, 0.3) is 5.91 Å². The molecular weight excluding hydrogens is 647 g/mol. The maximum atomic E-state index is 12.6. The molecule has 1 aliphatic rings. The summed E-state index contributed by atoms with van der Waals surface area (Å²) in [6, 6.07) is 10.4. The number of benzene rings is 2. The van der Waals surface area contributed by atoms with Gasteiger partial charge in [0.2, 0.25) is 5.91 Å². The summed E-state index contributed by atoms with van der Waals surface area (Å²) < 4.78 is 2.03. The molecule has 2 aromatic carbocycles. The Labute approximate surface area is 257 Å². The Kier molecular flexibility index (Phi) is 8.72. The predicted molar refractivity (Wildman–Crippen MR) is 175 cm³/mol. The summed E-state index contributed by atoms with van der Waals surface area (Å²) in [5.74, 6) is 0.151. The van der Waals surface area contributed by atoms with Gasteiger partial charge in [-0.3, -0.25) is 18.5 Å². The molecular formula is C31H35IN6O2S. The van der Waals surface area contributed by atoms with Gasteiger partial charge in [-0.05, 0) is 66.3 Å². The molecule has 0 radical (unpaired) electrons. The van der Waals surface area contributed by atoms with Crippen LogP contribution in [0.4, 0.5) is 0 Å². The van der Waals surface area contributed by atoms with Crippen molar-refractivity contribution in [2.75, 3.05) is 41.3 Å². The van der Waals surface area contributed by atoms with Crippen molar-refractivity contribution in [1.82, 2.24) is 28.6 Å². The summed E-state index contributed by atoms with van der Waals surface area (Å²) in [6.45, 7) is 6.69. The number of hydrogen-bond acceptors (Lipinski definition) is 6. The third-order valence-electron chi connectivity index (χ3n) is 7.79. The third kappa shape index (κ3) is 6.00. The smallest absolute Gasteiger partial charge is 0.253 e. The zero-order valence-corrected chi connectivity index (χ0v) is 27.3. The maximum absolute atomic E-state index is 12.6. The molecule has 2 aromatic heterocycles. The minimum atomic E-state index is -0.00739. The van der Waals surface area contributed by atoms with Gasteiger partial charge in [0, 0.05) is 107 Å².